The van der Waals surface area contributed by atoms with Crippen LogP contribution in [0, 0.1) is 5.82 Å². The number of allylic oxidation sites excluding steroid dienone is 1. The molecule has 30 heavy (non-hydrogen) atoms. The lowest BCUT2D eigenvalue weighted by Gasteiger charge is -2.30. The van der Waals surface area contributed by atoms with Crippen molar-refractivity contribution in [2.75, 3.05) is 36.5 Å². The monoisotopic (exact) mass is 406 g/mol. The average Bonchev–Trinajstić information content (AvgIpc) is 3.22. The van der Waals surface area contributed by atoms with Crippen molar-refractivity contribution >= 4 is 28.4 Å². The summed E-state index contributed by atoms with van der Waals surface area (Å²) in [5.74, 6) is -0.153. The van der Waals surface area contributed by atoms with Gasteiger partial charge in [0.1, 0.15) is 17.2 Å². The van der Waals surface area contributed by atoms with E-state index in [1.54, 1.807) is 6.07 Å². The number of morpholine rings is 1. The Bertz CT molecular complexity index is 1100. The molecular formula is C24H23FN2O3. The van der Waals surface area contributed by atoms with Crippen molar-refractivity contribution in [3.63, 3.8) is 0 Å². The number of carbonyl (C=O) groups is 1. The molecule has 0 spiro atoms. The zero-order chi connectivity index (χ0) is 20.9. The molecule has 0 saturated carbocycles. The fourth-order valence-corrected chi connectivity index (χ4v) is 4.30. The quantitative estimate of drug-likeness (QED) is 0.759. The van der Waals surface area contributed by atoms with Crippen LogP contribution in [0.15, 0.2) is 54.3 Å². The van der Waals surface area contributed by atoms with Crippen LogP contribution in [0.25, 0.3) is 11.1 Å². The van der Waals surface area contributed by atoms with Gasteiger partial charge in [0.15, 0.2) is 0 Å². The number of fused-ring (bicyclic) bond motifs is 1. The van der Waals surface area contributed by atoms with Crippen molar-refractivity contribution in [2.45, 2.75) is 19.4 Å². The third-order valence-electron chi connectivity index (χ3n) is 5.80. The molecule has 3 aliphatic heterocycles. The molecule has 0 aliphatic carbocycles. The molecule has 1 amide bonds. The maximum Gasteiger partial charge on any atom is 0.260 e. The summed E-state index contributed by atoms with van der Waals surface area (Å²) in [6, 6.07) is 12.7. The predicted octanol–water partition coefficient (Wildman–Crippen LogP) is 4.22. The van der Waals surface area contributed by atoms with Crippen molar-refractivity contribution in [2.24, 2.45) is 0 Å². The largest absolute Gasteiger partial charge is 0.482 e. The number of hydrogen-bond acceptors (Lipinski definition) is 4. The molecule has 2 aromatic carbocycles. The first-order chi connectivity index (χ1) is 14.4. The van der Waals surface area contributed by atoms with Gasteiger partial charge in [0.2, 0.25) is 0 Å². The van der Waals surface area contributed by atoms with Crippen LogP contribution in [0.5, 0.6) is 0 Å². The lowest BCUT2D eigenvalue weighted by atomic mass is 9.92. The number of halogens is 1. The van der Waals surface area contributed by atoms with Gasteiger partial charge in [-0.15, -0.1) is 0 Å². The van der Waals surface area contributed by atoms with Crippen LogP contribution < -0.4 is 10.2 Å². The van der Waals surface area contributed by atoms with E-state index in [0.29, 0.717) is 22.6 Å². The Hall–Kier alpha value is -3.12. The lowest BCUT2D eigenvalue weighted by molar-refractivity contribution is -0.111. The van der Waals surface area contributed by atoms with E-state index in [4.69, 9.17) is 9.47 Å². The number of hydrogen-bond donors (Lipinski definition) is 1. The normalized spacial score (nSPS) is 22.4. The molecule has 0 unspecified atom stereocenters. The Morgan fingerprint density at radius 1 is 1.10 bits per heavy atom. The highest BCUT2D eigenvalue weighted by atomic mass is 19.1. The maximum absolute atomic E-state index is 13.6. The summed E-state index contributed by atoms with van der Waals surface area (Å²) >= 11 is 0. The molecule has 0 radical (unpaired) electrons. The van der Waals surface area contributed by atoms with Gasteiger partial charge in [-0.3, -0.25) is 4.79 Å². The van der Waals surface area contributed by atoms with E-state index in [9.17, 15) is 9.18 Å². The van der Waals surface area contributed by atoms with Gasteiger partial charge in [-0.05, 0) is 55.8 Å². The van der Waals surface area contributed by atoms with Gasteiger partial charge < -0.3 is 19.7 Å². The Morgan fingerprint density at radius 3 is 2.70 bits per heavy atom. The van der Waals surface area contributed by atoms with E-state index in [1.807, 2.05) is 26.0 Å². The molecule has 6 heteroatoms. The minimum atomic E-state index is -0.602. The van der Waals surface area contributed by atoms with Gasteiger partial charge in [-0.1, -0.05) is 12.1 Å². The zero-order valence-corrected chi connectivity index (χ0v) is 17.0. The SMILES string of the molecule is CC1(C)OC(=C2C(=O)Nc3cc(F)ccc32)C=C1c1cccc(N2CCOCC2)c1. The number of ether oxygens (including phenoxy) is 2. The maximum atomic E-state index is 13.6. The Morgan fingerprint density at radius 2 is 1.90 bits per heavy atom. The minimum Gasteiger partial charge on any atom is -0.482 e. The molecule has 5 rings (SSSR count). The molecule has 1 fully saturated rings. The molecule has 0 bridgehead atoms. The van der Waals surface area contributed by atoms with E-state index in [-0.39, 0.29) is 11.7 Å². The molecule has 1 N–H and O–H groups in total. The number of nitrogens with one attached hydrogen (secondary N) is 1. The smallest absolute Gasteiger partial charge is 0.260 e. The molecule has 3 aliphatic rings. The molecule has 2 aromatic rings. The van der Waals surface area contributed by atoms with E-state index in [0.717, 1.165) is 43.1 Å². The van der Waals surface area contributed by atoms with Crippen molar-refractivity contribution in [1.82, 2.24) is 0 Å². The van der Waals surface area contributed by atoms with Gasteiger partial charge in [0, 0.05) is 29.9 Å². The molecule has 3 heterocycles. The molecule has 0 aromatic heterocycles. The second kappa shape index (κ2) is 6.99. The van der Waals surface area contributed by atoms with E-state index in [1.165, 1.54) is 12.1 Å². The van der Waals surface area contributed by atoms with Crippen LogP contribution in [0.1, 0.15) is 25.0 Å². The Balaban J connectivity index is 1.56. The summed E-state index contributed by atoms with van der Waals surface area (Å²) in [4.78, 5) is 14.9. The first kappa shape index (κ1) is 18.9. The van der Waals surface area contributed by atoms with Gasteiger partial charge in [-0.2, -0.15) is 0 Å². The van der Waals surface area contributed by atoms with Crippen LogP contribution in [0.3, 0.4) is 0 Å². The molecule has 1 saturated heterocycles. The van der Waals surface area contributed by atoms with Gasteiger partial charge in [0.25, 0.3) is 5.91 Å². The molecular weight excluding hydrogens is 383 g/mol. The third kappa shape index (κ3) is 3.17. The third-order valence-corrected chi connectivity index (χ3v) is 5.80. The Labute approximate surface area is 174 Å². The first-order valence-corrected chi connectivity index (χ1v) is 10.1. The highest BCUT2D eigenvalue weighted by Gasteiger charge is 2.38. The fourth-order valence-electron chi connectivity index (χ4n) is 4.30. The van der Waals surface area contributed by atoms with Crippen LogP contribution in [-0.2, 0) is 14.3 Å². The molecule has 154 valence electrons. The van der Waals surface area contributed by atoms with Gasteiger partial charge >= 0.3 is 0 Å². The van der Waals surface area contributed by atoms with Crippen molar-refractivity contribution in [3.05, 3.63) is 71.2 Å². The van der Waals surface area contributed by atoms with Gasteiger partial charge in [-0.25, -0.2) is 4.39 Å². The number of carbonyl (C=O) groups excluding carboxylic acids is 1. The summed E-state index contributed by atoms with van der Waals surface area (Å²) < 4.78 is 25.3. The van der Waals surface area contributed by atoms with E-state index in [2.05, 4.69) is 28.4 Å². The lowest BCUT2D eigenvalue weighted by Crippen LogP contribution is -2.36. The van der Waals surface area contributed by atoms with Crippen LogP contribution >= 0.6 is 0 Å². The summed E-state index contributed by atoms with van der Waals surface area (Å²) in [5.41, 5.74) is 4.17. The summed E-state index contributed by atoms with van der Waals surface area (Å²) in [6.45, 7) is 7.18. The van der Waals surface area contributed by atoms with Crippen molar-refractivity contribution in [1.29, 1.82) is 0 Å². The van der Waals surface area contributed by atoms with Crippen LogP contribution in [-0.4, -0.2) is 37.8 Å². The number of rotatable bonds is 2. The highest BCUT2D eigenvalue weighted by molar-refractivity contribution is 6.32. The molecule has 5 nitrogen and oxygen atoms in total. The van der Waals surface area contributed by atoms with Crippen LogP contribution in [0.2, 0.25) is 0 Å². The Kier molecular flexibility index (Phi) is 4.40. The standard InChI is InChI=1S/C24H23FN2O3/c1-24(2)19(15-4-3-5-17(12-15)27-8-10-29-11-9-27)14-21(30-24)22-18-7-6-16(25)13-20(18)26-23(22)28/h3-7,12-14H,8-11H2,1-2H3,(H,26,28). The van der Waals surface area contributed by atoms with Crippen molar-refractivity contribution < 1.29 is 18.7 Å². The zero-order valence-electron chi connectivity index (χ0n) is 17.0. The average molecular weight is 406 g/mol. The molecule has 0 atom stereocenters. The number of nitrogens with zero attached hydrogens (tertiary/aromatic N) is 1. The van der Waals surface area contributed by atoms with E-state index < -0.39 is 5.60 Å². The number of benzene rings is 2. The van der Waals surface area contributed by atoms with Gasteiger partial charge in [0.05, 0.1) is 24.5 Å². The summed E-state index contributed by atoms with van der Waals surface area (Å²) in [5, 5.41) is 2.73. The summed E-state index contributed by atoms with van der Waals surface area (Å²) in [7, 11) is 0. The number of amides is 1. The number of anilines is 2. The second-order valence-electron chi connectivity index (χ2n) is 8.20. The minimum absolute atomic E-state index is 0.277. The van der Waals surface area contributed by atoms with Crippen molar-refractivity contribution in [3.8, 4) is 0 Å². The predicted molar refractivity (Wildman–Crippen MR) is 115 cm³/mol. The van der Waals surface area contributed by atoms with Crippen LogP contribution in [0.4, 0.5) is 15.8 Å². The second-order valence-corrected chi connectivity index (χ2v) is 8.20. The van der Waals surface area contributed by atoms with E-state index >= 15 is 0 Å². The first-order valence-electron chi connectivity index (χ1n) is 10.1. The topological polar surface area (TPSA) is 50.8 Å². The highest BCUT2D eigenvalue weighted by Crippen LogP contribution is 2.44. The fraction of sp³-hybridized carbons (Fsp3) is 0.292. The summed E-state index contributed by atoms with van der Waals surface area (Å²) in [6.07, 6.45) is 1.94.